The zero-order valence-electron chi connectivity index (χ0n) is 11.5. The van der Waals surface area contributed by atoms with E-state index < -0.39 is 0 Å². The molecular formula is C15H13BrClN2O2-. The number of benzene rings is 1. The van der Waals surface area contributed by atoms with Gasteiger partial charge in [0.05, 0.1) is 19.9 Å². The van der Waals surface area contributed by atoms with Crippen molar-refractivity contribution in [1.29, 1.82) is 0 Å². The lowest BCUT2D eigenvalue weighted by Crippen LogP contribution is -3.00. The minimum Gasteiger partial charge on any atom is -1.00 e. The average molecular weight is 369 g/mol. The van der Waals surface area contributed by atoms with Crippen LogP contribution in [0.15, 0.2) is 42.7 Å². The number of fused-ring (bicyclic) bond motifs is 1. The van der Waals surface area contributed by atoms with Crippen LogP contribution in [0.25, 0.3) is 16.9 Å². The molecule has 2 heterocycles. The van der Waals surface area contributed by atoms with E-state index in [-0.39, 0.29) is 17.0 Å². The van der Waals surface area contributed by atoms with E-state index in [4.69, 9.17) is 21.1 Å². The second kappa shape index (κ2) is 6.37. The summed E-state index contributed by atoms with van der Waals surface area (Å²) in [5.74, 6) is 1.38. The molecule has 0 saturated heterocycles. The number of methoxy groups -OCH3 is 2. The Morgan fingerprint density at radius 1 is 1.05 bits per heavy atom. The maximum atomic E-state index is 5.97. The molecule has 0 saturated carbocycles. The third-order valence-corrected chi connectivity index (χ3v) is 3.34. The lowest BCUT2D eigenvalue weighted by molar-refractivity contribution is -0.00000453. The van der Waals surface area contributed by atoms with Crippen molar-refractivity contribution in [3.05, 3.63) is 47.7 Å². The molecule has 0 amide bonds. The van der Waals surface area contributed by atoms with Gasteiger partial charge in [0.15, 0.2) is 11.5 Å². The SMILES string of the molecule is COc1ccc(-c2cn3ccc(Cl)cc3n2)cc1OC.[Br-]. The van der Waals surface area contributed by atoms with E-state index in [1.54, 1.807) is 14.2 Å². The summed E-state index contributed by atoms with van der Waals surface area (Å²) in [7, 11) is 3.23. The number of imidazole rings is 1. The van der Waals surface area contributed by atoms with E-state index in [1.165, 1.54) is 0 Å². The molecule has 0 radical (unpaired) electrons. The van der Waals surface area contributed by atoms with Crippen LogP contribution in [0.4, 0.5) is 0 Å². The Bertz CT molecular complexity index is 773. The monoisotopic (exact) mass is 367 g/mol. The van der Waals surface area contributed by atoms with Crippen LogP contribution >= 0.6 is 11.6 Å². The number of ether oxygens (including phenoxy) is 2. The Morgan fingerprint density at radius 2 is 1.81 bits per heavy atom. The molecule has 0 N–H and O–H groups in total. The maximum Gasteiger partial charge on any atom is 0.161 e. The van der Waals surface area contributed by atoms with Gasteiger partial charge in [-0.2, -0.15) is 0 Å². The highest BCUT2D eigenvalue weighted by Crippen LogP contribution is 2.32. The fourth-order valence-electron chi connectivity index (χ4n) is 2.09. The van der Waals surface area contributed by atoms with Gasteiger partial charge in [-0.05, 0) is 24.3 Å². The van der Waals surface area contributed by atoms with E-state index in [9.17, 15) is 0 Å². The Hall–Kier alpha value is -1.72. The van der Waals surface area contributed by atoms with Crippen molar-refractivity contribution < 1.29 is 26.5 Å². The Balaban J connectivity index is 0.00000161. The summed E-state index contributed by atoms with van der Waals surface area (Å²) in [5.41, 5.74) is 2.62. The van der Waals surface area contributed by atoms with E-state index in [0.29, 0.717) is 16.5 Å². The summed E-state index contributed by atoms with van der Waals surface area (Å²) in [6.07, 6.45) is 3.84. The van der Waals surface area contributed by atoms with Gasteiger partial charge < -0.3 is 30.9 Å². The van der Waals surface area contributed by atoms with Crippen LogP contribution in [0.5, 0.6) is 11.5 Å². The summed E-state index contributed by atoms with van der Waals surface area (Å²) in [4.78, 5) is 4.56. The molecular weight excluding hydrogens is 356 g/mol. The number of hydrogen-bond acceptors (Lipinski definition) is 3. The molecule has 0 spiro atoms. The lowest BCUT2D eigenvalue weighted by Gasteiger charge is -2.08. The quantitative estimate of drug-likeness (QED) is 0.682. The summed E-state index contributed by atoms with van der Waals surface area (Å²) in [5, 5.41) is 0.668. The largest absolute Gasteiger partial charge is 1.00 e. The normalized spacial score (nSPS) is 10.2. The summed E-state index contributed by atoms with van der Waals surface area (Å²) < 4.78 is 12.5. The third-order valence-electron chi connectivity index (χ3n) is 3.10. The minimum absolute atomic E-state index is 0. The number of hydrogen-bond donors (Lipinski definition) is 0. The first-order valence-electron chi connectivity index (χ1n) is 6.08. The summed E-state index contributed by atoms with van der Waals surface area (Å²) in [6.45, 7) is 0. The molecule has 3 rings (SSSR count). The molecule has 0 aliphatic rings. The topological polar surface area (TPSA) is 35.8 Å². The van der Waals surface area contributed by atoms with Crippen molar-refractivity contribution in [3.8, 4) is 22.8 Å². The van der Waals surface area contributed by atoms with E-state index >= 15 is 0 Å². The standard InChI is InChI=1S/C15H13ClN2O2.BrH/c1-19-13-4-3-10(7-14(13)20-2)12-9-18-6-5-11(16)8-15(18)17-12;/h3-9H,1-2H3;1H/p-1. The van der Waals surface area contributed by atoms with Crippen LogP contribution in [0.2, 0.25) is 5.02 Å². The Labute approximate surface area is 138 Å². The summed E-state index contributed by atoms with van der Waals surface area (Å²) in [6, 6.07) is 9.37. The number of pyridine rings is 1. The van der Waals surface area contributed by atoms with Crippen molar-refractivity contribution in [3.63, 3.8) is 0 Å². The number of nitrogens with zero attached hydrogens (tertiary/aromatic N) is 2. The van der Waals surface area contributed by atoms with E-state index in [0.717, 1.165) is 16.9 Å². The van der Waals surface area contributed by atoms with E-state index in [1.807, 2.05) is 47.1 Å². The molecule has 21 heavy (non-hydrogen) atoms. The predicted molar refractivity (Wildman–Crippen MR) is 78.7 cm³/mol. The zero-order valence-corrected chi connectivity index (χ0v) is 13.9. The van der Waals surface area contributed by atoms with Crippen molar-refractivity contribution >= 4 is 17.2 Å². The molecule has 6 heteroatoms. The highest BCUT2D eigenvalue weighted by molar-refractivity contribution is 6.30. The Kier molecular flexibility index (Phi) is 4.75. The van der Waals surface area contributed by atoms with Gasteiger partial charge in [0.2, 0.25) is 0 Å². The molecule has 110 valence electrons. The van der Waals surface area contributed by atoms with Crippen LogP contribution in [0.1, 0.15) is 0 Å². The third kappa shape index (κ3) is 2.99. The fraction of sp³-hybridized carbons (Fsp3) is 0.133. The molecule has 0 unspecified atom stereocenters. The second-order valence-electron chi connectivity index (χ2n) is 4.31. The smallest absolute Gasteiger partial charge is 0.161 e. The number of aromatic nitrogens is 2. The molecule has 0 bridgehead atoms. The molecule has 0 aliphatic carbocycles. The first-order valence-corrected chi connectivity index (χ1v) is 6.45. The lowest BCUT2D eigenvalue weighted by atomic mass is 10.1. The average Bonchev–Trinajstić information content (AvgIpc) is 2.89. The van der Waals surface area contributed by atoms with Crippen LogP contribution in [0.3, 0.4) is 0 Å². The maximum absolute atomic E-state index is 5.97. The van der Waals surface area contributed by atoms with Gasteiger partial charge in [-0.1, -0.05) is 11.6 Å². The summed E-state index contributed by atoms with van der Waals surface area (Å²) >= 11 is 5.97. The van der Waals surface area contributed by atoms with Crippen LogP contribution in [-0.2, 0) is 0 Å². The van der Waals surface area contributed by atoms with Crippen molar-refractivity contribution in [1.82, 2.24) is 9.38 Å². The van der Waals surface area contributed by atoms with E-state index in [2.05, 4.69) is 4.98 Å². The second-order valence-corrected chi connectivity index (χ2v) is 4.74. The molecule has 0 aliphatic heterocycles. The van der Waals surface area contributed by atoms with Gasteiger partial charge in [-0.3, -0.25) is 0 Å². The van der Waals surface area contributed by atoms with Gasteiger partial charge in [-0.15, -0.1) is 0 Å². The highest BCUT2D eigenvalue weighted by Gasteiger charge is 2.09. The molecule has 2 aromatic heterocycles. The van der Waals surface area contributed by atoms with Crippen molar-refractivity contribution in [2.45, 2.75) is 0 Å². The molecule has 4 nitrogen and oxygen atoms in total. The van der Waals surface area contributed by atoms with Gasteiger partial charge >= 0.3 is 0 Å². The first kappa shape index (κ1) is 15.7. The van der Waals surface area contributed by atoms with Crippen molar-refractivity contribution in [2.24, 2.45) is 0 Å². The number of halogens is 2. The first-order chi connectivity index (χ1) is 9.71. The van der Waals surface area contributed by atoms with Crippen LogP contribution < -0.4 is 26.5 Å². The van der Waals surface area contributed by atoms with Gasteiger partial charge in [-0.25, -0.2) is 4.98 Å². The van der Waals surface area contributed by atoms with Gasteiger partial charge in [0.25, 0.3) is 0 Å². The molecule has 1 aromatic carbocycles. The van der Waals surface area contributed by atoms with Crippen molar-refractivity contribution in [2.75, 3.05) is 14.2 Å². The van der Waals surface area contributed by atoms with Crippen LogP contribution in [-0.4, -0.2) is 23.6 Å². The zero-order chi connectivity index (χ0) is 14.1. The fourth-order valence-corrected chi connectivity index (χ4v) is 2.25. The van der Waals surface area contributed by atoms with Crippen LogP contribution in [0, 0.1) is 0 Å². The predicted octanol–water partition coefficient (Wildman–Crippen LogP) is 0.676. The Morgan fingerprint density at radius 3 is 2.52 bits per heavy atom. The number of rotatable bonds is 3. The molecule has 3 aromatic rings. The molecule has 0 atom stereocenters. The minimum atomic E-state index is 0. The highest BCUT2D eigenvalue weighted by atomic mass is 79.9. The van der Waals surface area contributed by atoms with Gasteiger partial charge in [0, 0.05) is 29.0 Å². The van der Waals surface area contributed by atoms with Gasteiger partial charge in [0.1, 0.15) is 5.65 Å². The molecule has 0 fully saturated rings.